The number of carbonyl (C=O) groups excluding carboxylic acids is 4. The third kappa shape index (κ3) is 36.0. The first-order valence-electron chi connectivity index (χ1n) is 20.8. The molecule has 0 aliphatic rings. The van der Waals surface area contributed by atoms with Crippen molar-refractivity contribution in [1.82, 2.24) is 21.3 Å². The molecule has 19 heteroatoms. The summed E-state index contributed by atoms with van der Waals surface area (Å²) in [5, 5.41) is 55.2. The number of ether oxygens (including phenoxy) is 1. The Labute approximate surface area is 348 Å². The predicted octanol–water partition coefficient (Wildman–Crippen LogP) is 4.24. The molecule has 59 heavy (non-hydrogen) atoms. The van der Waals surface area contributed by atoms with Gasteiger partial charge in [0.1, 0.15) is 24.2 Å². The van der Waals surface area contributed by atoms with Gasteiger partial charge in [0, 0.05) is 52.2 Å². The van der Waals surface area contributed by atoms with Crippen molar-refractivity contribution < 1.29 is 73.4 Å². The number of carboxylic acid groups (broad SMARTS) is 5. The van der Waals surface area contributed by atoms with Gasteiger partial charge in [0.05, 0.1) is 0 Å². The van der Waals surface area contributed by atoms with Crippen molar-refractivity contribution in [3.8, 4) is 0 Å². The molecule has 0 saturated heterocycles. The highest BCUT2D eigenvalue weighted by atomic mass is 16.5. The van der Waals surface area contributed by atoms with Gasteiger partial charge >= 0.3 is 29.8 Å². The number of hydrogen-bond donors (Lipinski definition) is 9. The molecule has 0 aromatic rings. The number of hydrogen-bond acceptors (Lipinski definition) is 10. The van der Waals surface area contributed by atoms with Crippen molar-refractivity contribution in [2.45, 2.75) is 187 Å². The minimum Gasteiger partial charge on any atom is -0.481 e. The third-order valence-electron chi connectivity index (χ3n) is 8.67. The summed E-state index contributed by atoms with van der Waals surface area (Å²) in [6, 6.07) is -5.79. The minimum absolute atomic E-state index is 0.0285. The average Bonchev–Trinajstić information content (AvgIpc) is 3.18. The van der Waals surface area contributed by atoms with Crippen LogP contribution in [-0.2, 0) is 47.9 Å². The number of methoxy groups -OCH3 is 1. The first-order chi connectivity index (χ1) is 28.0. The molecule has 4 atom stereocenters. The van der Waals surface area contributed by atoms with Crippen LogP contribution in [-0.4, -0.2) is 117 Å². The number of amides is 4. The van der Waals surface area contributed by atoms with E-state index in [0.29, 0.717) is 12.8 Å². The first kappa shape index (κ1) is 58.5. The van der Waals surface area contributed by atoms with Crippen molar-refractivity contribution in [1.29, 1.82) is 0 Å². The van der Waals surface area contributed by atoms with Gasteiger partial charge in [0.15, 0.2) is 0 Å². The van der Waals surface area contributed by atoms with E-state index < -0.39 is 110 Å². The van der Waals surface area contributed by atoms with Crippen LogP contribution in [0.15, 0.2) is 0 Å². The van der Waals surface area contributed by atoms with Crippen LogP contribution in [0.5, 0.6) is 0 Å². The van der Waals surface area contributed by atoms with Gasteiger partial charge in [-0.25, -0.2) is 19.2 Å². The van der Waals surface area contributed by atoms with Crippen molar-refractivity contribution in [3.63, 3.8) is 0 Å². The standard InChI is InChI=1S/C34H56N4O15.C4H10.C2H6/c1-53-21-20-25(34(51)52)38-29(42)19-16-24(33(49)50)37-28(41)18-15-23(32(47)48)36-27(40)17-14-22(31(45)46)35-26(39)12-10-8-6-4-2-3-5-7-9-11-13-30(43)44;1-3-4-2;1-2/h22-25H,2-21H2,1H3,(H,35,39)(H,36,40)(H,37,41)(H,38,42)(H,43,44)(H,45,46)(H,47,48)(H,49,50)(H,51,52);3-4H2,1-2H3;1-2H3/t22?,23?,24-,25?;;/m0../s1. The molecular weight excluding hydrogens is 776 g/mol. The summed E-state index contributed by atoms with van der Waals surface area (Å²) in [6.07, 6.45) is 9.23. The Bertz CT molecular complexity index is 1250. The monoisotopic (exact) mass is 848 g/mol. The molecule has 3 unspecified atom stereocenters. The largest absolute Gasteiger partial charge is 0.481 e. The van der Waals surface area contributed by atoms with Crippen LogP contribution in [0.25, 0.3) is 0 Å². The number of carboxylic acids is 5. The minimum atomic E-state index is -1.58. The van der Waals surface area contributed by atoms with E-state index in [1.165, 1.54) is 20.0 Å². The van der Waals surface area contributed by atoms with E-state index in [0.717, 1.165) is 51.4 Å². The van der Waals surface area contributed by atoms with Crippen LogP contribution in [0, 0.1) is 0 Å². The summed E-state index contributed by atoms with van der Waals surface area (Å²) >= 11 is 0. The molecule has 0 spiro atoms. The smallest absolute Gasteiger partial charge is 0.326 e. The van der Waals surface area contributed by atoms with Crippen molar-refractivity contribution >= 4 is 53.5 Å². The fourth-order valence-corrected chi connectivity index (χ4v) is 5.13. The molecule has 9 N–H and O–H groups in total. The summed E-state index contributed by atoms with van der Waals surface area (Å²) in [7, 11) is 1.35. The SMILES string of the molecule is CC.CCCC.COCCC(NC(=O)CC[C@H](NC(=O)CCC(NC(=O)CCC(NC(=O)CCCCCCCCCCCCC(=O)O)C(=O)O)C(=O)O)C(=O)O)C(=O)O. The molecule has 342 valence electrons. The second-order valence-corrected chi connectivity index (χ2v) is 13.7. The first-order valence-corrected chi connectivity index (χ1v) is 20.8. The lowest BCUT2D eigenvalue weighted by molar-refractivity contribution is -0.144. The van der Waals surface area contributed by atoms with Crippen molar-refractivity contribution in [3.05, 3.63) is 0 Å². The summed E-state index contributed by atoms with van der Waals surface area (Å²) in [6.45, 7) is 8.41. The lowest BCUT2D eigenvalue weighted by Gasteiger charge is -2.18. The summed E-state index contributed by atoms with van der Waals surface area (Å²) in [5.41, 5.74) is 0. The zero-order valence-electron chi connectivity index (χ0n) is 35.7. The quantitative estimate of drug-likeness (QED) is 0.0409. The van der Waals surface area contributed by atoms with Gasteiger partial charge in [0.2, 0.25) is 23.6 Å². The number of aliphatic carboxylic acids is 5. The molecule has 0 aromatic heterocycles. The Hall–Kier alpha value is -4.81. The molecule has 0 radical (unpaired) electrons. The van der Waals surface area contributed by atoms with Gasteiger partial charge < -0.3 is 51.5 Å². The van der Waals surface area contributed by atoms with Gasteiger partial charge in [-0.1, -0.05) is 91.9 Å². The van der Waals surface area contributed by atoms with E-state index in [1.54, 1.807) is 0 Å². The number of nitrogens with one attached hydrogen (secondary N) is 4. The number of carbonyl (C=O) groups is 9. The lowest BCUT2D eigenvalue weighted by atomic mass is 10.0. The molecular formula is C40H72N4O15. The van der Waals surface area contributed by atoms with Crippen LogP contribution in [0.3, 0.4) is 0 Å². The van der Waals surface area contributed by atoms with Crippen LogP contribution >= 0.6 is 0 Å². The van der Waals surface area contributed by atoms with E-state index in [-0.39, 0.29) is 32.3 Å². The van der Waals surface area contributed by atoms with Gasteiger partial charge in [-0.2, -0.15) is 0 Å². The zero-order valence-corrected chi connectivity index (χ0v) is 35.7. The van der Waals surface area contributed by atoms with E-state index in [2.05, 4.69) is 35.1 Å². The molecule has 0 aliphatic carbocycles. The van der Waals surface area contributed by atoms with E-state index in [1.807, 2.05) is 13.8 Å². The number of unbranched alkanes of at least 4 members (excludes halogenated alkanes) is 10. The Morgan fingerprint density at radius 3 is 0.915 bits per heavy atom. The maximum atomic E-state index is 12.5. The summed E-state index contributed by atoms with van der Waals surface area (Å²) in [5.74, 6) is -9.48. The summed E-state index contributed by atoms with van der Waals surface area (Å²) in [4.78, 5) is 106. The molecule has 0 aromatic carbocycles. The van der Waals surface area contributed by atoms with Gasteiger partial charge in [0.25, 0.3) is 0 Å². The molecule has 4 amide bonds. The van der Waals surface area contributed by atoms with E-state index >= 15 is 0 Å². The lowest BCUT2D eigenvalue weighted by Crippen LogP contribution is -2.45. The van der Waals surface area contributed by atoms with Crippen LogP contribution < -0.4 is 21.3 Å². The predicted molar refractivity (Wildman–Crippen MR) is 217 cm³/mol. The Morgan fingerprint density at radius 1 is 0.407 bits per heavy atom. The average molecular weight is 849 g/mol. The topological polar surface area (TPSA) is 312 Å². The zero-order chi connectivity index (χ0) is 45.6. The summed E-state index contributed by atoms with van der Waals surface area (Å²) < 4.78 is 4.79. The molecule has 0 aliphatic heterocycles. The molecule has 0 rings (SSSR count). The Morgan fingerprint density at radius 2 is 0.661 bits per heavy atom. The molecule has 0 bridgehead atoms. The van der Waals surface area contributed by atoms with Crippen LogP contribution in [0.4, 0.5) is 0 Å². The molecule has 19 nitrogen and oxygen atoms in total. The second kappa shape index (κ2) is 38.7. The van der Waals surface area contributed by atoms with Crippen LogP contribution in [0.2, 0.25) is 0 Å². The van der Waals surface area contributed by atoms with E-state index in [9.17, 15) is 63.6 Å². The van der Waals surface area contributed by atoms with Gasteiger partial charge in [-0.3, -0.25) is 24.0 Å². The molecule has 0 saturated carbocycles. The maximum absolute atomic E-state index is 12.5. The fourth-order valence-electron chi connectivity index (χ4n) is 5.13. The highest BCUT2D eigenvalue weighted by Crippen LogP contribution is 2.12. The van der Waals surface area contributed by atoms with Crippen LogP contribution in [0.1, 0.15) is 163 Å². The van der Waals surface area contributed by atoms with Crippen molar-refractivity contribution in [2.24, 2.45) is 0 Å². The Kier molecular flexibility index (Phi) is 38.4. The normalized spacial score (nSPS) is 12.4. The maximum Gasteiger partial charge on any atom is 0.326 e. The highest BCUT2D eigenvalue weighted by Gasteiger charge is 2.27. The van der Waals surface area contributed by atoms with E-state index in [4.69, 9.17) is 9.84 Å². The second-order valence-electron chi connectivity index (χ2n) is 13.7. The molecule has 0 heterocycles. The highest BCUT2D eigenvalue weighted by molar-refractivity contribution is 5.88. The number of rotatable bonds is 34. The third-order valence-corrected chi connectivity index (χ3v) is 8.67. The fraction of sp³-hybridized carbons (Fsp3) is 0.775. The van der Waals surface area contributed by atoms with Gasteiger partial charge in [-0.15, -0.1) is 0 Å². The van der Waals surface area contributed by atoms with Gasteiger partial charge in [-0.05, 0) is 32.1 Å². The Balaban J connectivity index is -0.00000489. The van der Waals surface area contributed by atoms with Crippen molar-refractivity contribution in [2.75, 3.05) is 13.7 Å². The molecule has 0 fully saturated rings.